The van der Waals surface area contributed by atoms with Gasteiger partial charge in [-0.05, 0) is 61.2 Å². The second-order valence-electron chi connectivity index (χ2n) is 8.64. The van der Waals surface area contributed by atoms with Gasteiger partial charge in [0.1, 0.15) is 6.10 Å². The molecule has 154 valence electrons. The first kappa shape index (κ1) is 20.9. The van der Waals surface area contributed by atoms with Gasteiger partial charge >= 0.3 is 0 Å². The van der Waals surface area contributed by atoms with E-state index in [2.05, 4.69) is 91.8 Å². The van der Waals surface area contributed by atoms with Crippen molar-refractivity contribution in [2.75, 3.05) is 6.61 Å². The summed E-state index contributed by atoms with van der Waals surface area (Å²) in [4.78, 5) is 4.74. The zero-order chi connectivity index (χ0) is 21.3. The molecule has 3 nitrogen and oxygen atoms in total. The Morgan fingerprint density at radius 1 is 0.967 bits per heavy atom. The van der Waals surface area contributed by atoms with Gasteiger partial charge in [0.25, 0.3) is 0 Å². The Bertz CT molecular complexity index is 1190. The summed E-state index contributed by atoms with van der Waals surface area (Å²) in [7, 11) is 2.36. The molecule has 1 unspecified atom stereocenters. The van der Waals surface area contributed by atoms with Gasteiger partial charge in [-0.3, -0.25) is 4.98 Å². The summed E-state index contributed by atoms with van der Waals surface area (Å²) in [6.07, 6.45) is 1.65. The molecule has 4 heteroatoms. The van der Waals surface area contributed by atoms with Crippen molar-refractivity contribution >= 4 is 31.1 Å². The van der Waals surface area contributed by atoms with Crippen LogP contribution in [0.1, 0.15) is 38.0 Å². The van der Waals surface area contributed by atoms with Gasteiger partial charge in [-0.2, -0.15) is 0 Å². The summed E-state index contributed by atoms with van der Waals surface area (Å²) in [6, 6.07) is 21.2. The molecule has 4 rings (SSSR count). The van der Waals surface area contributed by atoms with E-state index in [9.17, 15) is 0 Å². The Labute approximate surface area is 180 Å². The lowest BCUT2D eigenvalue weighted by atomic mass is 9.86. The molecule has 0 saturated heterocycles. The van der Waals surface area contributed by atoms with Crippen LogP contribution in [0.15, 0.2) is 66.9 Å². The first-order chi connectivity index (χ1) is 14.4. The van der Waals surface area contributed by atoms with Crippen LogP contribution < -0.4 is 0 Å². The van der Waals surface area contributed by atoms with Crippen molar-refractivity contribution in [1.82, 2.24) is 4.98 Å². The van der Waals surface area contributed by atoms with E-state index >= 15 is 0 Å². The van der Waals surface area contributed by atoms with Crippen molar-refractivity contribution in [3.63, 3.8) is 0 Å². The Balaban J connectivity index is 2.09. The number of rotatable bonds is 5. The van der Waals surface area contributed by atoms with E-state index in [1.165, 1.54) is 21.9 Å². The topological polar surface area (TPSA) is 31.4 Å². The van der Waals surface area contributed by atoms with E-state index in [4.69, 9.17) is 14.2 Å². The molecule has 0 aliphatic rings. The maximum atomic E-state index is 6.51. The number of aromatic nitrogens is 1. The largest absolute Gasteiger partial charge is 0.365 e. The molecular formula is C26H28NO2P. The zero-order valence-electron chi connectivity index (χ0n) is 18.0. The van der Waals surface area contributed by atoms with Crippen LogP contribution in [0, 0.1) is 6.92 Å². The third-order valence-electron chi connectivity index (χ3n) is 5.26. The molecule has 4 aromatic rings. The van der Waals surface area contributed by atoms with Crippen LogP contribution in [0.3, 0.4) is 0 Å². The molecule has 30 heavy (non-hydrogen) atoms. The highest BCUT2D eigenvalue weighted by molar-refractivity contribution is 7.09. The van der Waals surface area contributed by atoms with Crippen LogP contribution in [0.5, 0.6) is 0 Å². The third kappa shape index (κ3) is 4.11. The van der Waals surface area contributed by atoms with Crippen molar-refractivity contribution < 1.29 is 9.26 Å². The van der Waals surface area contributed by atoms with E-state index < -0.39 is 0 Å². The van der Waals surface area contributed by atoms with Gasteiger partial charge in [-0.15, -0.1) is 0 Å². The number of aryl methyl sites for hydroxylation is 1. The predicted molar refractivity (Wildman–Crippen MR) is 129 cm³/mol. The molecule has 0 aliphatic heterocycles. The minimum absolute atomic E-state index is 0.207. The van der Waals surface area contributed by atoms with Crippen LogP contribution in [-0.4, -0.2) is 17.2 Å². The van der Waals surface area contributed by atoms with E-state index in [1.807, 2.05) is 12.3 Å². The number of para-hydroxylation sites is 1. The summed E-state index contributed by atoms with van der Waals surface area (Å²) in [5.74, 6) is 0. The number of hydrogen-bond donors (Lipinski definition) is 0. The lowest BCUT2D eigenvalue weighted by Gasteiger charge is -2.30. The van der Waals surface area contributed by atoms with Crippen molar-refractivity contribution in [2.24, 2.45) is 0 Å². The lowest BCUT2D eigenvalue weighted by molar-refractivity contribution is -0.0761. The molecule has 0 spiro atoms. The predicted octanol–water partition coefficient (Wildman–Crippen LogP) is 7.03. The lowest BCUT2D eigenvalue weighted by Crippen LogP contribution is -2.25. The number of fused-ring (bicyclic) bond motifs is 2. The molecule has 0 aliphatic carbocycles. The number of pyridine rings is 1. The van der Waals surface area contributed by atoms with Crippen LogP contribution >= 0.6 is 9.47 Å². The second kappa shape index (κ2) is 8.43. The molecule has 0 fully saturated rings. The fourth-order valence-corrected chi connectivity index (χ4v) is 4.38. The summed E-state index contributed by atoms with van der Waals surface area (Å²) in [6.45, 7) is 8.85. The van der Waals surface area contributed by atoms with Crippen molar-refractivity contribution in [3.05, 3.63) is 78.0 Å². The fourth-order valence-electron chi connectivity index (χ4n) is 4.21. The van der Waals surface area contributed by atoms with Gasteiger partial charge in [0.05, 0.1) is 17.7 Å². The molecule has 2 atom stereocenters. The molecule has 0 radical (unpaired) electrons. The Morgan fingerprint density at radius 3 is 2.47 bits per heavy atom. The van der Waals surface area contributed by atoms with Crippen LogP contribution in [0.2, 0.25) is 0 Å². The molecule has 0 bridgehead atoms. The van der Waals surface area contributed by atoms with Gasteiger partial charge in [-0.25, -0.2) is 0 Å². The minimum Gasteiger partial charge on any atom is -0.365 e. The maximum Gasteiger partial charge on any atom is 0.108 e. The smallest absolute Gasteiger partial charge is 0.108 e. The minimum atomic E-state index is -0.305. The summed E-state index contributed by atoms with van der Waals surface area (Å²) in [5.41, 5.74) is 5.33. The quantitative estimate of drug-likeness (QED) is 0.327. The highest BCUT2D eigenvalue weighted by Crippen LogP contribution is 2.42. The van der Waals surface area contributed by atoms with Gasteiger partial charge in [0.15, 0.2) is 0 Å². The highest BCUT2D eigenvalue weighted by Gasteiger charge is 2.27. The summed E-state index contributed by atoms with van der Waals surface area (Å²) >= 11 is 0. The molecule has 0 saturated carbocycles. The molecule has 3 aromatic carbocycles. The Hall–Kier alpha value is -2.32. The Kier molecular flexibility index (Phi) is 5.88. The molecule has 0 amide bonds. The second-order valence-corrected chi connectivity index (χ2v) is 8.97. The SMILES string of the molecule is Cc1cc2ccccc2c(-c2cccc3cccnc23)c1[C@@H](COP)OC(C)(C)C. The van der Waals surface area contributed by atoms with E-state index in [-0.39, 0.29) is 11.7 Å². The number of ether oxygens (including phenoxy) is 1. The van der Waals surface area contributed by atoms with Crippen molar-refractivity contribution in [3.8, 4) is 11.1 Å². The molecule has 0 N–H and O–H groups in total. The van der Waals surface area contributed by atoms with Crippen molar-refractivity contribution in [2.45, 2.75) is 39.4 Å². The third-order valence-corrected chi connectivity index (χ3v) is 5.46. The summed E-state index contributed by atoms with van der Waals surface area (Å²) in [5, 5.41) is 3.53. The van der Waals surface area contributed by atoms with Gasteiger partial charge in [-0.1, -0.05) is 54.6 Å². The van der Waals surface area contributed by atoms with Crippen LogP contribution in [0.25, 0.3) is 32.8 Å². The zero-order valence-corrected chi connectivity index (χ0v) is 19.1. The van der Waals surface area contributed by atoms with Crippen LogP contribution in [-0.2, 0) is 9.26 Å². The molecule has 1 heterocycles. The molecular weight excluding hydrogens is 389 g/mol. The van der Waals surface area contributed by atoms with Crippen molar-refractivity contribution in [1.29, 1.82) is 0 Å². The standard InChI is InChI=1S/C26H28NO2P/c1-17-15-19-9-5-6-12-20(19)24(23(17)22(16-28-30)29-26(2,3)4)21-13-7-10-18-11-8-14-27-25(18)21/h5-15,22H,16,30H2,1-4H3/t22-/m1/s1. The van der Waals surface area contributed by atoms with Gasteiger partial charge in [0.2, 0.25) is 0 Å². The first-order valence-corrected chi connectivity index (χ1v) is 10.7. The first-order valence-electron chi connectivity index (χ1n) is 10.2. The summed E-state index contributed by atoms with van der Waals surface area (Å²) < 4.78 is 12.0. The van der Waals surface area contributed by atoms with E-state index in [0.717, 1.165) is 22.0 Å². The average Bonchev–Trinajstić information content (AvgIpc) is 2.71. The van der Waals surface area contributed by atoms with E-state index in [0.29, 0.717) is 6.61 Å². The maximum absolute atomic E-state index is 6.51. The highest BCUT2D eigenvalue weighted by atomic mass is 31.0. The van der Waals surface area contributed by atoms with Gasteiger partial charge in [0, 0.05) is 26.6 Å². The normalized spacial score (nSPS) is 13.1. The monoisotopic (exact) mass is 417 g/mol. The van der Waals surface area contributed by atoms with E-state index in [1.54, 1.807) is 0 Å². The van der Waals surface area contributed by atoms with Crippen LogP contribution in [0.4, 0.5) is 0 Å². The average molecular weight is 417 g/mol. The number of hydrogen-bond acceptors (Lipinski definition) is 3. The number of benzene rings is 3. The molecule has 1 aromatic heterocycles. The van der Waals surface area contributed by atoms with Gasteiger partial charge < -0.3 is 9.26 Å². The Morgan fingerprint density at radius 2 is 1.70 bits per heavy atom. The fraction of sp³-hybridized carbons (Fsp3) is 0.269. The number of nitrogens with zero attached hydrogens (tertiary/aromatic N) is 1.